The number of halogens is 3. The molecular weight excluding hydrogens is 391 g/mol. The summed E-state index contributed by atoms with van der Waals surface area (Å²) in [6.07, 6.45) is 4.36. The van der Waals surface area contributed by atoms with Gasteiger partial charge in [0, 0.05) is 22.1 Å². The summed E-state index contributed by atoms with van der Waals surface area (Å²) in [6.45, 7) is 0. The van der Waals surface area contributed by atoms with Crippen LogP contribution in [0, 0.1) is 0 Å². The third-order valence-corrected chi connectivity index (χ3v) is 4.68. The maximum Gasteiger partial charge on any atom is 0.485 e. The van der Waals surface area contributed by atoms with Gasteiger partial charge in [0.1, 0.15) is 12.5 Å². The van der Waals surface area contributed by atoms with Gasteiger partial charge in [0.25, 0.3) is 5.91 Å². The lowest BCUT2D eigenvalue weighted by molar-refractivity contribution is -0.0517. The van der Waals surface area contributed by atoms with Gasteiger partial charge in [-0.25, -0.2) is 8.42 Å². The molecule has 26 heavy (non-hydrogen) atoms. The molecule has 0 fully saturated rings. The van der Waals surface area contributed by atoms with E-state index in [9.17, 15) is 18.0 Å². The summed E-state index contributed by atoms with van der Waals surface area (Å²) >= 11 is 0. The number of nitrogens with one attached hydrogen (secondary N) is 1. The van der Waals surface area contributed by atoms with Crippen LogP contribution >= 0.6 is 0 Å². The largest absolute Gasteiger partial charge is 0.741 e. The van der Waals surface area contributed by atoms with Gasteiger partial charge in [-0.05, 0) is 36.4 Å². The normalized spacial score (nSPS) is 11.5. The van der Waals surface area contributed by atoms with E-state index < -0.39 is 15.6 Å². The van der Waals surface area contributed by atoms with E-state index in [0.29, 0.717) is 5.56 Å². The molecule has 0 spiro atoms. The van der Waals surface area contributed by atoms with Crippen molar-refractivity contribution < 1.29 is 30.9 Å². The number of rotatable bonds is 3. The number of hydrogen-bond acceptors (Lipinski definition) is 4. The second-order valence-corrected chi connectivity index (χ2v) is 8.54. The van der Waals surface area contributed by atoms with Crippen molar-refractivity contribution in [3.8, 4) is 0 Å². The smallest absolute Gasteiger partial charge is 0.485 e. The van der Waals surface area contributed by atoms with E-state index in [4.69, 9.17) is 13.0 Å². The lowest BCUT2D eigenvalue weighted by atomic mass is 10.2. The summed E-state index contributed by atoms with van der Waals surface area (Å²) in [6, 6.07) is 17.2. The molecule has 2 aromatic carbocycles. The zero-order valence-electron chi connectivity index (χ0n) is 13.8. The van der Waals surface area contributed by atoms with Crippen LogP contribution in [0.3, 0.4) is 0 Å². The fraction of sp³-hybridized carbons (Fsp3) is 0.188. The van der Waals surface area contributed by atoms with E-state index in [2.05, 4.69) is 30.0 Å². The van der Waals surface area contributed by atoms with Crippen LogP contribution in [0.25, 0.3) is 0 Å². The molecule has 1 amide bonds. The molecule has 2 aromatic rings. The highest BCUT2D eigenvalue weighted by atomic mass is 32.2. The third kappa shape index (κ3) is 7.06. The van der Waals surface area contributed by atoms with Gasteiger partial charge in [0.05, 0.1) is 0 Å². The van der Waals surface area contributed by atoms with E-state index >= 15 is 0 Å². The van der Waals surface area contributed by atoms with Crippen LogP contribution in [0.15, 0.2) is 59.5 Å². The zero-order chi connectivity index (χ0) is 20.0. The number of alkyl halides is 3. The maximum absolute atomic E-state index is 11.9. The van der Waals surface area contributed by atoms with E-state index in [1.54, 1.807) is 12.1 Å². The van der Waals surface area contributed by atoms with Gasteiger partial charge in [0.2, 0.25) is 0 Å². The summed E-state index contributed by atoms with van der Waals surface area (Å²) in [5, 5.41) is 2.89. The monoisotopic (exact) mass is 407 g/mol. The average molecular weight is 407 g/mol. The predicted octanol–water partition coefficient (Wildman–Crippen LogP) is 3.23. The minimum Gasteiger partial charge on any atom is -0.741 e. The topological polar surface area (TPSA) is 86.3 Å². The molecule has 0 aliphatic heterocycles. The molecule has 0 saturated heterocycles. The van der Waals surface area contributed by atoms with Crippen LogP contribution < -0.4 is 5.32 Å². The first kappa shape index (κ1) is 22.0. The Balaban J connectivity index is 0.000000359. The molecule has 0 bridgehead atoms. The van der Waals surface area contributed by atoms with Gasteiger partial charge >= 0.3 is 5.51 Å². The van der Waals surface area contributed by atoms with Crippen LogP contribution in [-0.2, 0) is 21.0 Å². The van der Waals surface area contributed by atoms with E-state index in [-0.39, 0.29) is 16.8 Å². The van der Waals surface area contributed by atoms with Crippen molar-refractivity contribution in [2.24, 2.45) is 0 Å². The summed E-state index contributed by atoms with van der Waals surface area (Å²) in [4.78, 5) is 13.2. The highest BCUT2D eigenvalue weighted by Crippen LogP contribution is 2.20. The first-order valence-corrected chi connectivity index (χ1v) is 10.4. The van der Waals surface area contributed by atoms with Crippen LogP contribution in [0.4, 0.5) is 18.9 Å². The molecule has 0 unspecified atom stereocenters. The number of benzene rings is 2. The van der Waals surface area contributed by atoms with Crippen molar-refractivity contribution >= 4 is 32.6 Å². The highest BCUT2D eigenvalue weighted by Gasteiger charge is 2.36. The second-order valence-electron chi connectivity index (χ2n) is 5.06. The molecule has 1 N–H and O–H groups in total. The number of carbonyl (C=O) groups excluding carboxylic acids is 1. The summed E-state index contributed by atoms with van der Waals surface area (Å²) in [5.41, 5.74) is -4.14. The first-order chi connectivity index (χ1) is 11.9. The quantitative estimate of drug-likeness (QED) is 0.481. The summed E-state index contributed by atoms with van der Waals surface area (Å²) in [5.74, 6) is -0.0738. The van der Waals surface area contributed by atoms with Crippen LogP contribution in [0.1, 0.15) is 10.4 Å². The average Bonchev–Trinajstić information content (AvgIpc) is 2.55. The molecule has 0 saturated carbocycles. The molecule has 2 rings (SSSR count). The van der Waals surface area contributed by atoms with Crippen molar-refractivity contribution in [2.45, 2.75) is 10.4 Å². The Morgan fingerprint density at radius 1 is 1.00 bits per heavy atom. The maximum atomic E-state index is 11.9. The van der Waals surface area contributed by atoms with Gasteiger partial charge < -0.3 is 9.87 Å². The number of anilines is 1. The van der Waals surface area contributed by atoms with E-state index in [1.165, 1.54) is 4.90 Å². The SMILES string of the molecule is C[S+](C)c1ccc(NC(=O)c2ccccc2)cc1.O=S(=O)([O-])C(F)(F)F. The number of amides is 1. The first-order valence-electron chi connectivity index (χ1n) is 6.98. The van der Waals surface area contributed by atoms with Gasteiger partial charge in [0.15, 0.2) is 15.0 Å². The van der Waals surface area contributed by atoms with Crippen molar-refractivity contribution in [3.63, 3.8) is 0 Å². The lowest BCUT2D eigenvalue weighted by Crippen LogP contribution is -2.21. The lowest BCUT2D eigenvalue weighted by Gasteiger charge is -2.08. The Bertz CT molecular complexity index is 821. The highest BCUT2D eigenvalue weighted by molar-refractivity contribution is 7.95. The van der Waals surface area contributed by atoms with Crippen molar-refractivity contribution in [2.75, 3.05) is 17.8 Å². The van der Waals surface area contributed by atoms with Crippen LogP contribution in [-0.4, -0.2) is 36.9 Å². The molecule has 0 aromatic heterocycles. The standard InChI is InChI=1S/C15H15NOS.CHF3O3S/c1-18(2)14-10-8-13(9-11-14)16-15(17)12-6-4-3-5-7-12;2-1(3,4)8(5,6)7/h3-11H,1-2H3;(H,5,6,7). The summed E-state index contributed by atoms with van der Waals surface area (Å²) in [7, 11) is -5.84. The van der Waals surface area contributed by atoms with Gasteiger partial charge in [-0.2, -0.15) is 13.2 Å². The van der Waals surface area contributed by atoms with Gasteiger partial charge in [-0.1, -0.05) is 18.2 Å². The second kappa shape index (κ2) is 9.06. The Morgan fingerprint density at radius 2 is 1.46 bits per heavy atom. The minimum absolute atomic E-state index is 0.0738. The van der Waals surface area contributed by atoms with Gasteiger partial charge in [-0.15, -0.1) is 0 Å². The molecule has 5 nitrogen and oxygen atoms in total. The van der Waals surface area contributed by atoms with Gasteiger partial charge in [-0.3, -0.25) is 4.79 Å². The number of hydrogen-bond donors (Lipinski definition) is 1. The molecule has 0 aliphatic carbocycles. The Labute approximate surface area is 152 Å². The van der Waals surface area contributed by atoms with E-state index in [0.717, 1.165) is 5.69 Å². The van der Waals surface area contributed by atoms with E-state index in [1.807, 2.05) is 30.3 Å². The summed E-state index contributed by atoms with van der Waals surface area (Å²) < 4.78 is 58.9. The predicted molar refractivity (Wildman–Crippen MR) is 94.1 cm³/mol. The molecular formula is C16H16F3NO4S2. The Hall–Kier alpha value is -2.04. The molecule has 142 valence electrons. The Morgan fingerprint density at radius 3 is 1.85 bits per heavy atom. The molecule has 0 atom stereocenters. The molecule has 0 aliphatic rings. The molecule has 0 heterocycles. The van der Waals surface area contributed by atoms with Crippen molar-refractivity contribution in [3.05, 3.63) is 60.2 Å². The fourth-order valence-corrected chi connectivity index (χ4v) is 2.28. The van der Waals surface area contributed by atoms with Crippen LogP contribution in [0.5, 0.6) is 0 Å². The van der Waals surface area contributed by atoms with Crippen LogP contribution in [0.2, 0.25) is 0 Å². The Kier molecular flexibility index (Phi) is 7.67. The minimum atomic E-state index is -6.09. The number of carbonyl (C=O) groups is 1. The fourth-order valence-electron chi connectivity index (χ4n) is 1.60. The molecule has 10 heteroatoms. The zero-order valence-corrected chi connectivity index (χ0v) is 15.4. The molecule has 0 radical (unpaired) electrons. The van der Waals surface area contributed by atoms with Crippen molar-refractivity contribution in [1.29, 1.82) is 0 Å². The third-order valence-electron chi connectivity index (χ3n) is 2.90. The van der Waals surface area contributed by atoms with Crippen molar-refractivity contribution in [1.82, 2.24) is 0 Å².